The first kappa shape index (κ1) is 22.8. The average Bonchev–Trinajstić information content (AvgIpc) is 3.49. The molecule has 5 rings (SSSR count). The zero-order valence-corrected chi connectivity index (χ0v) is 20.6. The Morgan fingerprint density at radius 1 is 1.00 bits per heavy atom. The second-order valence-electron chi connectivity index (χ2n) is 9.42. The zero-order chi connectivity index (χ0) is 23.7. The first-order valence-corrected chi connectivity index (χ1v) is 13.0. The molecule has 3 atom stereocenters. The first-order valence-electron chi connectivity index (χ1n) is 12.2. The fraction of sp³-hybridized carbons (Fsp3) is 0.444. The maximum atomic E-state index is 13.3. The summed E-state index contributed by atoms with van der Waals surface area (Å²) in [6, 6.07) is 15.8. The minimum Gasteiger partial charge on any atom is -0.484 e. The summed E-state index contributed by atoms with van der Waals surface area (Å²) in [7, 11) is 0. The highest BCUT2D eigenvalue weighted by molar-refractivity contribution is 7.18. The van der Waals surface area contributed by atoms with E-state index in [1.807, 2.05) is 28.0 Å². The van der Waals surface area contributed by atoms with Crippen LogP contribution in [0.2, 0.25) is 0 Å². The van der Waals surface area contributed by atoms with Gasteiger partial charge in [0.25, 0.3) is 11.8 Å². The number of aromatic nitrogens is 1. The molecule has 3 aromatic rings. The molecule has 2 aromatic carbocycles. The van der Waals surface area contributed by atoms with Gasteiger partial charge in [0.2, 0.25) is 0 Å². The summed E-state index contributed by atoms with van der Waals surface area (Å²) < 4.78 is 6.93. The number of nitrogens with zero attached hydrogens (tertiary/aromatic N) is 3. The quantitative estimate of drug-likeness (QED) is 0.491. The Morgan fingerprint density at radius 2 is 1.74 bits per heavy atom. The van der Waals surface area contributed by atoms with E-state index in [1.54, 1.807) is 35.6 Å². The Bertz CT molecular complexity index is 1130. The van der Waals surface area contributed by atoms with E-state index in [2.05, 4.69) is 19.9 Å². The van der Waals surface area contributed by atoms with Gasteiger partial charge in [0.05, 0.1) is 16.3 Å². The minimum atomic E-state index is 0.0142. The number of likely N-dealkylation sites (tertiary alicyclic amines) is 2. The topological polar surface area (TPSA) is 62.7 Å². The Hall–Kier alpha value is -2.93. The predicted molar refractivity (Wildman–Crippen MR) is 134 cm³/mol. The number of para-hydroxylation sites is 1. The van der Waals surface area contributed by atoms with E-state index < -0.39 is 0 Å². The third-order valence-corrected chi connectivity index (χ3v) is 8.19. The largest absolute Gasteiger partial charge is 0.484 e. The van der Waals surface area contributed by atoms with Crippen LogP contribution in [-0.4, -0.2) is 51.8 Å². The van der Waals surface area contributed by atoms with Gasteiger partial charge in [0, 0.05) is 24.2 Å². The first-order chi connectivity index (χ1) is 16.5. The van der Waals surface area contributed by atoms with Crippen LogP contribution >= 0.6 is 11.3 Å². The lowest BCUT2D eigenvalue weighted by Gasteiger charge is -2.38. The van der Waals surface area contributed by atoms with Crippen molar-refractivity contribution in [1.29, 1.82) is 0 Å². The summed E-state index contributed by atoms with van der Waals surface area (Å²) in [5, 5.41) is 1.01. The number of benzene rings is 2. The average molecular weight is 478 g/mol. The van der Waals surface area contributed by atoms with E-state index in [0.29, 0.717) is 11.3 Å². The summed E-state index contributed by atoms with van der Waals surface area (Å²) in [6.45, 7) is 4.97. The zero-order valence-electron chi connectivity index (χ0n) is 19.8. The molecular weight excluding hydrogens is 446 g/mol. The third kappa shape index (κ3) is 4.53. The molecule has 0 N–H and O–H groups in total. The van der Waals surface area contributed by atoms with Crippen molar-refractivity contribution in [3.8, 4) is 5.75 Å². The highest BCUT2D eigenvalue weighted by Gasteiger charge is 2.33. The molecule has 3 heterocycles. The Kier molecular flexibility index (Phi) is 6.55. The van der Waals surface area contributed by atoms with Crippen molar-refractivity contribution < 1.29 is 14.3 Å². The number of fused-ring (bicyclic) bond motifs is 1. The molecule has 2 amide bonds. The van der Waals surface area contributed by atoms with E-state index in [-0.39, 0.29) is 36.5 Å². The number of thiazole rings is 1. The fourth-order valence-electron chi connectivity index (χ4n) is 5.29. The molecule has 3 unspecified atom stereocenters. The number of amides is 2. The summed E-state index contributed by atoms with van der Waals surface area (Å²) in [6.07, 6.45) is 5.16. The number of hydrogen-bond donors (Lipinski definition) is 0. The van der Waals surface area contributed by atoms with Gasteiger partial charge in [0.15, 0.2) is 6.61 Å². The van der Waals surface area contributed by atoms with Gasteiger partial charge in [-0.15, -0.1) is 11.3 Å². The van der Waals surface area contributed by atoms with Gasteiger partial charge in [-0.25, -0.2) is 4.98 Å². The molecule has 34 heavy (non-hydrogen) atoms. The molecule has 0 aliphatic carbocycles. The summed E-state index contributed by atoms with van der Waals surface area (Å²) in [5.74, 6) is 0.641. The van der Waals surface area contributed by atoms with Crippen LogP contribution in [0.25, 0.3) is 10.2 Å². The normalized spacial score (nSPS) is 22.8. The van der Waals surface area contributed by atoms with Crippen molar-refractivity contribution in [2.75, 3.05) is 13.2 Å². The number of carbonyl (C=O) groups excluding carboxylic acids is 2. The third-order valence-electron chi connectivity index (χ3n) is 7.05. The molecule has 0 spiro atoms. The molecule has 2 aliphatic heterocycles. The second-order valence-corrected chi connectivity index (χ2v) is 10.5. The van der Waals surface area contributed by atoms with E-state index in [4.69, 9.17) is 9.72 Å². The van der Waals surface area contributed by atoms with Crippen LogP contribution in [0.5, 0.6) is 5.75 Å². The lowest BCUT2D eigenvalue weighted by molar-refractivity contribution is -0.139. The molecule has 2 fully saturated rings. The molecule has 2 aliphatic rings. The van der Waals surface area contributed by atoms with Gasteiger partial charge in [0.1, 0.15) is 10.8 Å². The second kappa shape index (κ2) is 9.74. The van der Waals surface area contributed by atoms with Crippen molar-refractivity contribution >= 4 is 33.4 Å². The Balaban J connectivity index is 1.23. The molecule has 7 heteroatoms. The van der Waals surface area contributed by atoms with Crippen LogP contribution in [0.15, 0.2) is 48.5 Å². The highest BCUT2D eigenvalue weighted by atomic mass is 32.1. The Labute approximate surface area is 204 Å². The maximum Gasteiger partial charge on any atom is 0.260 e. The lowest BCUT2D eigenvalue weighted by atomic mass is 9.97. The molecule has 0 radical (unpaired) electrons. The van der Waals surface area contributed by atoms with Gasteiger partial charge in [-0.1, -0.05) is 12.1 Å². The number of carbonyl (C=O) groups is 2. The molecule has 6 nitrogen and oxygen atoms in total. The van der Waals surface area contributed by atoms with Crippen LogP contribution < -0.4 is 4.74 Å². The molecule has 0 bridgehead atoms. The van der Waals surface area contributed by atoms with Crippen molar-refractivity contribution in [3.05, 3.63) is 59.1 Å². The monoisotopic (exact) mass is 477 g/mol. The number of ether oxygens (including phenoxy) is 1. The number of hydrogen-bond acceptors (Lipinski definition) is 5. The van der Waals surface area contributed by atoms with Crippen molar-refractivity contribution in [1.82, 2.24) is 14.8 Å². The molecule has 2 saturated heterocycles. The van der Waals surface area contributed by atoms with Crippen molar-refractivity contribution in [3.63, 3.8) is 0 Å². The maximum absolute atomic E-state index is 13.3. The van der Waals surface area contributed by atoms with Gasteiger partial charge in [-0.05, 0) is 82.3 Å². The van der Waals surface area contributed by atoms with E-state index in [1.165, 1.54) is 6.42 Å². The fourth-order valence-corrected chi connectivity index (χ4v) is 6.41. The van der Waals surface area contributed by atoms with Crippen LogP contribution in [0.3, 0.4) is 0 Å². The van der Waals surface area contributed by atoms with Crippen LogP contribution in [0, 0.1) is 0 Å². The summed E-state index contributed by atoms with van der Waals surface area (Å²) >= 11 is 1.67. The van der Waals surface area contributed by atoms with Crippen LogP contribution in [0.4, 0.5) is 0 Å². The van der Waals surface area contributed by atoms with Crippen LogP contribution in [-0.2, 0) is 4.79 Å². The molecule has 1 aromatic heterocycles. The van der Waals surface area contributed by atoms with E-state index in [9.17, 15) is 9.59 Å². The summed E-state index contributed by atoms with van der Waals surface area (Å²) in [5.41, 5.74) is 1.62. The number of rotatable bonds is 5. The molecular formula is C27H31N3O3S. The van der Waals surface area contributed by atoms with Gasteiger partial charge in [-0.3, -0.25) is 9.59 Å². The summed E-state index contributed by atoms with van der Waals surface area (Å²) in [4.78, 5) is 34.7. The highest BCUT2D eigenvalue weighted by Crippen LogP contribution is 2.37. The molecule has 0 saturated carbocycles. The predicted octanol–water partition coefficient (Wildman–Crippen LogP) is 5.44. The van der Waals surface area contributed by atoms with E-state index in [0.717, 1.165) is 47.5 Å². The standard InChI is InChI=1S/C27H31N3O3S/c1-18-7-5-8-19(2)30(18)25(31)17-33-21-14-12-20(13-15-21)27(32)29-16-6-10-23(29)26-28-22-9-3-4-11-24(22)34-26/h3-4,9,11-15,18-19,23H,5-8,10,16-17H2,1-2H3. The lowest BCUT2D eigenvalue weighted by Crippen LogP contribution is -2.49. The SMILES string of the molecule is CC1CCCC(C)N1C(=O)COc1ccc(C(=O)N2CCCC2c2nc3ccccc3s2)cc1. The Morgan fingerprint density at radius 3 is 2.47 bits per heavy atom. The van der Waals surface area contributed by atoms with Gasteiger partial charge < -0.3 is 14.5 Å². The molecule has 178 valence electrons. The van der Waals surface area contributed by atoms with Gasteiger partial charge >= 0.3 is 0 Å². The van der Waals surface area contributed by atoms with Crippen molar-refractivity contribution in [2.45, 2.75) is 64.1 Å². The minimum absolute atomic E-state index is 0.0142. The van der Waals surface area contributed by atoms with Crippen molar-refractivity contribution in [2.24, 2.45) is 0 Å². The van der Waals surface area contributed by atoms with E-state index >= 15 is 0 Å². The number of piperidine rings is 1. The van der Waals surface area contributed by atoms with Gasteiger partial charge in [-0.2, -0.15) is 0 Å². The smallest absolute Gasteiger partial charge is 0.260 e. The van der Waals surface area contributed by atoms with Crippen LogP contribution in [0.1, 0.15) is 67.4 Å².